The van der Waals surface area contributed by atoms with Gasteiger partial charge in [0.1, 0.15) is 160 Å². The van der Waals surface area contributed by atoms with Crippen molar-refractivity contribution in [2.75, 3.05) is 95.7 Å². The maximum Gasteiger partial charge on any atom is 0.514 e. The number of carbonyl (C=O) groups is 2. The van der Waals surface area contributed by atoms with Crippen LogP contribution in [0.25, 0.3) is 0 Å². The van der Waals surface area contributed by atoms with Crippen molar-refractivity contribution in [3.8, 4) is 121 Å². The van der Waals surface area contributed by atoms with Crippen molar-refractivity contribution in [2.24, 2.45) is 35.5 Å². The lowest BCUT2D eigenvalue weighted by Crippen LogP contribution is -2.36. The van der Waals surface area contributed by atoms with E-state index in [9.17, 15) is 82.9 Å². The number of ether oxygens (including phenoxy) is 16. The summed E-state index contributed by atoms with van der Waals surface area (Å²) in [5.41, 5.74) is 0.351. The van der Waals surface area contributed by atoms with Gasteiger partial charge in [-0.1, -0.05) is 193 Å². The molecular weight excluding hydrogens is 2060 g/mol. The lowest BCUT2D eigenvalue weighted by atomic mass is 9.75. The zero-order valence-corrected chi connectivity index (χ0v) is 98.7. The molecule has 8 aromatic carbocycles. The SMILES string of the molecule is CC(C)(C)P(=O)(CO)c1c(O)cc(O)cc1O.CC(C)(C)P1(=O)COc2cc(O)cc(O)c21.CC(C)(C)P1(=O)COc2cc(O)cc(OCc3ccccc3)c21.CC(C)[C@H]1CC[C@H](C)CC1OC(=O)Oc1cc(O)c2c(c1)OCP2(=O)C(C)(C)C.CC(C)[C@H]1CC[C@H](C)C[C@@H]1OC(=O)Cl.COc1cc(OC)c(P(=O)(CO)C(C)(C)C)c(OC)c1.COc1cc(OC)c([P+](=O)C(C)(C)C)c(OC)c1.COc1cc(OC)cc(OC)c1. The number of aliphatic hydroxyl groups is 2. The molecule has 8 aromatic rings. The molecule has 2 fully saturated rings. The first-order valence-electron chi connectivity index (χ1n) is 48.9. The second kappa shape index (κ2) is 53.0. The van der Waals surface area contributed by atoms with Crippen LogP contribution in [0.15, 0.2) is 121 Å². The van der Waals surface area contributed by atoms with Gasteiger partial charge in [0.2, 0.25) is 0 Å². The third kappa shape index (κ3) is 31.6. The zero-order chi connectivity index (χ0) is 113. The fraction of sp³-hybridized carbons (Fsp3) is 0.541. The minimum atomic E-state index is -3.39. The van der Waals surface area contributed by atoms with Crippen LogP contribution in [0.4, 0.5) is 9.59 Å². The van der Waals surface area contributed by atoms with E-state index in [1.165, 1.54) is 64.1 Å². The predicted octanol–water partition coefficient (Wildman–Crippen LogP) is 24.3. The number of phenols is 7. The minimum Gasteiger partial charge on any atom is -0.508 e. The van der Waals surface area contributed by atoms with Crippen LogP contribution in [0.5, 0.6) is 121 Å². The molecule has 2 aliphatic carbocycles. The number of phenolic OH excluding ortho intramolecular Hbond substituents is 7. The lowest BCUT2D eigenvalue weighted by Gasteiger charge is -2.36. The molecule has 2 saturated carbocycles. The molecule has 830 valence electrons. The monoisotopic (exact) mass is 2220 g/mol. The van der Waals surface area contributed by atoms with Crippen LogP contribution in [0, 0.1) is 35.5 Å². The van der Waals surface area contributed by atoms with Gasteiger partial charge in [-0.05, 0) is 87.5 Å². The molecule has 0 radical (unpaired) electrons. The van der Waals surface area contributed by atoms with Gasteiger partial charge in [-0.3, -0.25) is 0 Å². The Morgan fingerprint density at radius 3 is 1.11 bits per heavy atom. The fourth-order valence-electron chi connectivity index (χ4n) is 17.1. The Labute approximate surface area is 885 Å². The Bertz CT molecular complexity index is 5990. The van der Waals surface area contributed by atoms with Gasteiger partial charge >= 0.3 is 19.4 Å². The number of carbonyl (C=O) groups excluding carboxylic acids is 2. The standard InChI is InChI=1S/C22H33O6P.C18H21O4P.C14H23O5P.C13H20O4P.C11H19ClO2.C11H17O5P.C11H15O4P.C9H12O3/c1-13(2)16-8-7-14(3)9-18(16)28-21(24)27-15-10-17(23)20-19(11-15)26-12-29(20,25)22(4,5)6;1-18(2,3)23(20)12-22-16-10-14(19)9-15(17(16)23)21-11-13-7-5-4-6-8-13;1-14(2,3)20(16,9-15)13-11(18-5)7-10(17-4)8-12(13)19-6;1-13(2,3)18(14)12-10(16-5)7-9(15-4)8-11(12)17-6;1-7(2)9-5-4-8(3)6-10(9)14-11(12)13;1-11(2,3)17(16,6-12)10-8(14)4-7(13)5-9(10)15;1-11(2,3)16(14)6-15-9-5-7(12)4-8(13)10(9)16;1-10-7-4-8(11-2)6-9(5-7)12-3/h10-11,13-14,16,18,23H,7-9,12H2,1-6H3;4-10,19H,11-12H2,1-3H3;7-8,15H,9H2,1-6H3;7-8H,1-6H3;7-10H,4-6H2,1-3H3;4-5,12-15H,6H2,1-3H3;4-5,12-13H,6H2,1-3H3;4-6H,1-3H3/q;;;+1;;;;/t14-,16+,18?,29?;;;;8-,9+,10-;;;/m0...0.../s1. The summed E-state index contributed by atoms with van der Waals surface area (Å²) in [6.45, 7) is 46.6. The molecule has 0 saturated heterocycles. The number of rotatable bonds is 22. The molecule has 9 N–H and O–H groups in total. The first-order valence-corrected chi connectivity index (χ1v) is 60.0. The Hall–Kier alpha value is -10.0. The smallest absolute Gasteiger partial charge is 0.508 e. The molecule has 149 heavy (non-hydrogen) atoms. The average Bonchev–Trinajstić information content (AvgIpc) is 1.57. The van der Waals surface area contributed by atoms with Crippen molar-refractivity contribution in [1.29, 1.82) is 0 Å². The molecule has 0 spiro atoms. The highest BCUT2D eigenvalue weighted by Gasteiger charge is 2.52. The molecule has 13 rings (SSSR count). The maximum absolute atomic E-state index is 13.5. The lowest BCUT2D eigenvalue weighted by molar-refractivity contribution is -0.0137. The van der Waals surface area contributed by atoms with Gasteiger partial charge in [-0.2, -0.15) is 0 Å². The minimum absolute atomic E-state index is 0.0311. The molecule has 40 heteroatoms. The molecule has 0 amide bonds. The number of halogens is 1. The van der Waals surface area contributed by atoms with Gasteiger partial charge in [-0.15, -0.1) is 0 Å². The molecule has 5 aliphatic rings. The normalized spacial score (nSPS) is 20.4. The summed E-state index contributed by atoms with van der Waals surface area (Å²) in [6, 6.07) is 32.3. The van der Waals surface area contributed by atoms with Crippen molar-refractivity contribution in [3.05, 3.63) is 127 Å². The summed E-state index contributed by atoms with van der Waals surface area (Å²) in [5.74, 6) is 8.14. The molecule has 0 aromatic heterocycles. The van der Waals surface area contributed by atoms with Crippen molar-refractivity contribution in [1.82, 2.24) is 0 Å². The molecule has 7 unspecified atom stereocenters. The summed E-state index contributed by atoms with van der Waals surface area (Å²) in [6.07, 6.45) is 4.57. The largest absolute Gasteiger partial charge is 0.514 e. The highest BCUT2D eigenvalue weighted by molar-refractivity contribution is 7.75. The van der Waals surface area contributed by atoms with E-state index >= 15 is 0 Å². The van der Waals surface area contributed by atoms with Crippen molar-refractivity contribution < 1.29 is 159 Å². The number of hydrogen-bond acceptors (Lipinski definition) is 33. The number of aliphatic hydroxyl groups excluding tert-OH is 2. The van der Waals surface area contributed by atoms with E-state index < -0.39 is 105 Å². The maximum atomic E-state index is 13.5. The van der Waals surface area contributed by atoms with E-state index in [1.807, 2.05) is 134 Å². The third-order valence-electron chi connectivity index (χ3n) is 26.6. The zero-order valence-electron chi connectivity index (χ0n) is 92.5. The van der Waals surface area contributed by atoms with E-state index in [2.05, 4.69) is 41.5 Å². The van der Waals surface area contributed by atoms with Crippen molar-refractivity contribution >= 4 is 98.5 Å². The van der Waals surface area contributed by atoms with Crippen LogP contribution < -0.4 is 98.1 Å². The fourth-order valence-corrected chi connectivity index (χ4v) is 30.3. The highest BCUT2D eigenvalue weighted by Crippen LogP contribution is 2.67. The molecule has 0 bridgehead atoms. The van der Waals surface area contributed by atoms with Crippen LogP contribution in [0.1, 0.15) is 210 Å². The Kier molecular flexibility index (Phi) is 45.4. The molecule has 3 aliphatic heterocycles. The summed E-state index contributed by atoms with van der Waals surface area (Å²) in [5, 5.41) is 86.1. The first kappa shape index (κ1) is 128. The van der Waals surface area contributed by atoms with Gasteiger partial charge in [0.05, 0.1) is 90.5 Å². The van der Waals surface area contributed by atoms with E-state index in [1.54, 1.807) is 106 Å². The topological polar surface area (TPSA) is 466 Å². The molecule has 12 atom stereocenters. The van der Waals surface area contributed by atoms with Gasteiger partial charge in [-0.25, -0.2) is 9.59 Å². The van der Waals surface area contributed by atoms with E-state index in [0.717, 1.165) is 67.0 Å². The van der Waals surface area contributed by atoms with Gasteiger partial charge < -0.3 is 145 Å². The number of hydrogen-bond donors (Lipinski definition) is 9. The van der Waals surface area contributed by atoms with Crippen LogP contribution >= 0.6 is 55.1 Å². The third-order valence-corrected chi connectivity index (χ3v) is 47.7. The summed E-state index contributed by atoms with van der Waals surface area (Å²) in [7, 11) is -2.67. The quantitative estimate of drug-likeness (QED) is 0.0132. The van der Waals surface area contributed by atoms with Gasteiger partial charge in [0.15, 0.2) is 52.4 Å². The Balaban J connectivity index is 0.000000263. The van der Waals surface area contributed by atoms with Crippen LogP contribution in [0.2, 0.25) is 0 Å². The summed E-state index contributed by atoms with van der Waals surface area (Å²) < 4.78 is 164. The Morgan fingerprint density at radius 1 is 0.416 bits per heavy atom. The van der Waals surface area contributed by atoms with Crippen LogP contribution in [-0.4, -0.2) is 196 Å². The van der Waals surface area contributed by atoms with Crippen LogP contribution in [-0.2, 0) is 43.5 Å². The number of benzene rings is 8. The predicted molar refractivity (Wildman–Crippen MR) is 589 cm³/mol. The molecule has 3 heterocycles. The summed E-state index contributed by atoms with van der Waals surface area (Å²) >= 11 is 5.27. The molecular formula is C109H160ClO33P6+. The van der Waals surface area contributed by atoms with Gasteiger partial charge in [0.25, 0.3) is 5.30 Å². The average molecular weight is 2220 g/mol. The summed E-state index contributed by atoms with van der Waals surface area (Å²) in [4.78, 5) is 23.2. The van der Waals surface area contributed by atoms with E-state index in [0.29, 0.717) is 126 Å². The number of fused-ring (bicyclic) bond motifs is 3. The number of methoxy groups -OCH3 is 9. The van der Waals surface area contributed by atoms with Crippen molar-refractivity contribution in [3.63, 3.8) is 0 Å². The van der Waals surface area contributed by atoms with E-state index in [-0.39, 0.29) is 76.2 Å². The second-order valence-electron chi connectivity index (χ2n) is 43.7. The van der Waals surface area contributed by atoms with Gasteiger partial charge in [0, 0.05) is 128 Å². The molecule has 33 nitrogen and oxygen atoms in total. The highest BCUT2D eigenvalue weighted by atomic mass is 35.5. The second-order valence-corrected chi connectivity index (χ2v) is 64.1. The van der Waals surface area contributed by atoms with Crippen LogP contribution in [0.3, 0.4) is 0 Å². The van der Waals surface area contributed by atoms with Crippen molar-refractivity contribution in [2.45, 2.75) is 254 Å². The Morgan fingerprint density at radius 2 is 0.752 bits per heavy atom. The first-order chi connectivity index (χ1) is 69.0. The van der Waals surface area contributed by atoms with E-state index in [4.69, 9.17) is 87.4 Å². The number of aromatic hydroxyl groups is 7.